The van der Waals surface area contributed by atoms with Crippen LogP contribution in [0.1, 0.15) is 33.6 Å². The largest absolute Gasteiger partial charge is 0.467 e. The molecule has 86 valence electrons. The lowest BCUT2D eigenvalue weighted by molar-refractivity contribution is -0.238. The first kappa shape index (κ1) is 11.0. The van der Waals surface area contributed by atoms with Gasteiger partial charge < -0.3 is 14.8 Å². The molecule has 0 amide bonds. The van der Waals surface area contributed by atoms with E-state index in [0.717, 1.165) is 38.3 Å². The number of piperidine rings is 1. The molecule has 2 aliphatic heterocycles. The number of hydrogen-bond donors (Lipinski definition) is 1. The maximum Gasteiger partial charge on any atom is 0.212 e. The number of rotatable bonds is 1. The van der Waals surface area contributed by atoms with Crippen LogP contribution >= 0.6 is 0 Å². The highest BCUT2D eigenvalue weighted by Crippen LogP contribution is 2.34. The van der Waals surface area contributed by atoms with Gasteiger partial charge in [-0.1, -0.05) is 13.8 Å². The molecule has 15 heavy (non-hydrogen) atoms. The fourth-order valence-electron chi connectivity index (χ4n) is 2.31. The van der Waals surface area contributed by atoms with E-state index in [4.69, 9.17) is 9.47 Å². The quantitative estimate of drug-likeness (QED) is 0.720. The molecule has 0 unspecified atom stereocenters. The van der Waals surface area contributed by atoms with E-state index < -0.39 is 0 Å². The number of hydrogen-bond acceptors (Lipinski definition) is 3. The predicted octanol–water partition coefficient (Wildman–Crippen LogP) is 2.04. The minimum absolute atomic E-state index is 0.326. The summed E-state index contributed by atoms with van der Waals surface area (Å²) in [5.41, 5.74) is 1.30. The van der Waals surface area contributed by atoms with Crippen molar-refractivity contribution in [2.24, 2.45) is 5.92 Å². The van der Waals surface area contributed by atoms with Crippen molar-refractivity contribution in [1.29, 1.82) is 0 Å². The molecule has 3 heteroatoms. The van der Waals surface area contributed by atoms with Crippen molar-refractivity contribution < 1.29 is 9.47 Å². The molecule has 2 rings (SSSR count). The normalized spacial score (nSPS) is 25.9. The molecule has 0 saturated carbocycles. The molecule has 1 spiro atoms. The Morgan fingerprint density at radius 2 is 1.93 bits per heavy atom. The van der Waals surface area contributed by atoms with Crippen molar-refractivity contribution in [2.45, 2.75) is 39.4 Å². The Morgan fingerprint density at radius 1 is 1.27 bits per heavy atom. The summed E-state index contributed by atoms with van der Waals surface area (Å²) < 4.78 is 11.9. The maximum absolute atomic E-state index is 6.01. The topological polar surface area (TPSA) is 30.5 Å². The Balaban J connectivity index is 2.10. The highest BCUT2D eigenvalue weighted by molar-refractivity contribution is 5.13. The van der Waals surface area contributed by atoms with Crippen LogP contribution in [0.15, 0.2) is 11.3 Å². The van der Waals surface area contributed by atoms with E-state index in [-0.39, 0.29) is 5.79 Å². The number of ether oxygens (including phenoxy) is 2. The summed E-state index contributed by atoms with van der Waals surface area (Å²) >= 11 is 0. The lowest BCUT2D eigenvalue weighted by Crippen LogP contribution is -2.48. The van der Waals surface area contributed by atoms with Crippen LogP contribution in [0.25, 0.3) is 0 Å². The molecule has 0 aliphatic carbocycles. The Labute approximate surface area is 91.8 Å². The fraction of sp³-hybridized carbons (Fsp3) is 0.833. The second-order valence-corrected chi connectivity index (χ2v) is 4.79. The van der Waals surface area contributed by atoms with Crippen LogP contribution in [-0.2, 0) is 9.47 Å². The molecule has 2 aliphatic rings. The molecule has 3 nitrogen and oxygen atoms in total. The zero-order chi connectivity index (χ0) is 10.9. The number of nitrogens with one attached hydrogen (secondary N) is 1. The SMILES string of the molecule is CC1=C(C(C)C)COC2(CCNCC2)O1. The van der Waals surface area contributed by atoms with E-state index in [1.54, 1.807) is 0 Å². The van der Waals surface area contributed by atoms with Gasteiger partial charge in [0.15, 0.2) is 0 Å². The van der Waals surface area contributed by atoms with Gasteiger partial charge in [-0.2, -0.15) is 0 Å². The molecule has 0 bridgehead atoms. The summed E-state index contributed by atoms with van der Waals surface area (Å²) in [6, 6.07) is 0. The molecule has 0 radical (unpaired) electrons. The standard InChI is InChI=1S/C12H21NO2/c1-9(2)11-8-14-12(15-10(11)3)4-6-13-7-5-12/h9,13H,4-8H2,1-3H3. The van der Waals surface area contributed by atoms with Crippen LogP contribution in [0.3, 0.4) is 0 Å². The molecule has 0 aromatic heterocycles. The van der Waals surface area contributed by atoms with Crippen LogP contribution in [-0.4, -0.2) is 25.5 Å². The lowest BCUT2D eigenvalue weighted by atomic mass is 9.99. The van der Waals surface area contributed by atoms with Crippen LogP contribution in [0.4, 0.5) is 0 Å². The van der Waals surface area contributed by atoms with E-state index in [9.17, 15) is 0 Å². The van der Waals surface area contributed by atoms with Gasteiger partial charge in [-0.3, -0.25) is 0 Å². The minimum atomic E-state index is -0.326. The minimum Gasteiger partial charge on any atom is -0.467 e. The van der Waals surface area contributed by atoms with Gasteiger partial charge in [0, 0.05) is 25.9 Å². The van der Waals surface area contributed by atoms with Crippen LogP contribution in [0, 0.1) is 5.92 Å². The summed E-state index contributed by atoms with van der Waals surface area (Å²) in [4.78, 5) is 0. The molecule has 1 N–H and O–H groups in total. The molecule has 2 heterocycles. The second kappa shape index (κ2) is 4.14. The molecule has 0 aromatic carbocycles. The zero-order valence-electron chi connectivity index (χ0n) is 9.93. The molecule has 0 atom stereocenters. The Hall–Kier alpha value is -0.540. The smallest absolute Gasteiger partial charge is 0.212 e. The van der Waals surface area contributed by atoms with Gasteiger partial charge in [0.1, 0.15) is 0 Å². The third kappa shape index (κ3) is 2.18. The van der Waals surface area contributed by atoms with Crippen molar-refractivity contribution in [1.82, 2.24) is 5.32 Å². The Morgan fingerprint density at radius 3 is 2.47 bits per heavy atom. The third-order valence-electron chi connectivity index (χ3n) is 3.34. The average molecular weight is 211 g/mol. The van der Waals surface area contributed by atoms with Gasteiger partial charge >= 0.3 is 0 Å². The van der Waals surface area contributed by atoms with Gasteiger partial charge in [-0.05, 0) is 18.4 Å². The van der Waals surface area contributed by atoms with Crippen molar-refractivity contribution in [3.05, 3.63) is 11.3 Å². The predicted molar refractivity (Wildman–Crippen MR) is 59.4 cm³/mol. The molecular weight excluding hydrogens is 190 g/mol. The van der Waals surface area contributed by atoms with E-state index in [0.29, 0.717) is 5.92 Å². The van der Waals surface area contributed by atoms with E-state index in [1.165, 1.54) is 5.57 Å². The monoisotopic (exact) mass is 211 g/mol. The van der Waals surface area contributed by atoms with Crippen molar-refractivity contribution in [3.8, 4) is 0 Å². The van der Waals surface area contributed by atoms with E-state index in [1.807, 2.05) is 0 Å². The van der Waals surface area contributed by atoms with Crippen LogP contribution in [0.5, 0.6) is 0 Å². The first-order valence-corrected chi connectivity index (χ1v) is 5.86. The summed E-state index contributed by atoms with van der Waals surface area (Å²) in [5.74, 6) is 1.27. The third-order valence-corrected chi connectivity index (χ3v) is 3.34. The van der Waals surface area contributed by atoms with Gasteiger partial charge in [0.05, 0.1) is 12.4 Å². The summed E-state index contributed by atoms with van der Waals surface area (Å²) in [7, 11) is 0. The van der Waals surface area contributed by atoms with Gasteiger partial charge in [0.2, 0.25) is 5.79 Å². The zero-order valence-corrected chi connectivity index (χ0v) is 9.93. The first-order chi connectivity index (χ1) is 7.13. The lowest BCUT2D eigenvalue weighted by Gasteiger charge is -2.42. The van der Waals surface area contributed by atoms with E-state index in [2.05, 4.69) is 26.1 Å². The molecule has 0 aromatic rings. The van der Waals surface area contributed by atoms with Crippen molar-refractivity contribution >= 4 is 0 Å². The van der Waals surface area contributed by atoms with Crippen LogP contribution in [0.2, 0.25) is 0 Å². The molecule has 1 fully saturated rings. The highest BCUT2D eigenvalue weighted by Gasteiger charge is 2.38. The molecule has 1 saturated heterocycles. The highest BCUT2D eigenvalue weighted by atomic mass is 16.7. The Kier molecular flexibility index (Phi) is 3.03. The first-order valence-electron chi connectivity index (χ1n) is 5.86. The summed E-state index contributed by atoms with van der Waals surface area (Å²) in [6.07, 6.45) is 1.91. The van der Waals surface area contributed by atoms with Crippen molar-refractivity contribution in [3.63, 3.8) is 0 Å². The second-order valence-electron chi connectivity index (χ2n) is 4.79. The maximum atomic E-state index is 6.01. The average Bonchev–Trinajstić information content (AvgIpc) is 2.18. The number of allylic oxidation sites excluding steroid dienone is 1. The summed E-state index contributed by atoms with van der Waals surface area (Å²) in [5, 5.41) is 3.33. The van der Waals surface area contributed by atoms with Gasteiger partial charge in [-0.25, -0.2) is 0 Å². The van der Waals surface area contributed by atoms with Gasteiger partial charge in [0.25, 0.3) is 0 Å². The summed E-state index contributed by atoms with van der Waals surface area (Å²) in [6.45, 7) is 9.16. The molecular formula is C12H21NO2. The van der Waals surface area contributed by atoms with Crippen LogP contribution < -0.4 is 5.32 Å². The van der Waals surface area contributed by atoms with E-state index >= 15 is 0 Å². The Bertz CT molecular complexity index is 265. The van der Waals surface area contributed by atoms with Crippen molar-refractivity contribution in [2.75, 3.05) is 19.7 Å². The fourth-order valence-corrected chi connectivity index (χ4v) is 2.31. The van der Waals surface area contributed by atoms with Gasteiger partial charge in [-0.15, -0.1) is 0 Å².